The third-order valence-electron chi connectivity index (χ3n) is 4.75. The molecule has 3 rings (SSSR count). The van der Waals surface area contributed by atoms with Gasteiger partial charge in [0.1, 0.15) is 0 Å². The Bertz CT molecular complexity index is 717. The molecule has 1 saturated heterocycles. The summed E-state index contributed by atoms with van der Waals surface area (Å²) in [5.41, 5.74) is 2.60. The molecule has 1 fully saturated rings. The van der Waals surface area contributed by atoms with Crippen molar-refractivity contribution in [3.05, 3.63) is 53.3 Å². The summed E-state index contributed by atoms with van der Waals surface area (Å²) < 4.78 is 0. The number of carbonyl (C=O) groups is 1. The van der Waals surface area contributed by atoms with Gasteiger partial charge in [-0.2, -0.15) is 0 Å². The summed E-state index contributed by atoms with van der Waals surface area (Å²) in [5.74, 6) is 0.743. The van der Waals surface area contributed by atoms with Gasteiger partial charge in [-0.15, -0.1) is 24.8 Å². The summed E-state index contributed by atoms with van der Waals surface area (Å²) in [6, 6.07) is 9.50. The van der Waals surface area contributed by atoms with Crippen LogP contribution in [-0.4, -0.2) is 42.0 Å². The van der Waals surface area contributed by atoms with Crippen molar-refractivity contribution < 1.29 is 4.79 Å². The van der Waals surface area contributed by atoms with Gasteiger partial charge in [-0.05, 0) is 55.6 Å². The first-order chi connectivity index (χ1) is 12.2. The van der Waals surface area contributed by atoms with Crippen LogP contribution in [0.15, 0.2) is 42.7 Å². The lowest BCUT2D eigenvalue weighted by Crippen LogP contribution is -2.40. The van der Waals surface area contributed by atoms with Crippen molar-refractivity contribution >= 4 is 42.3 Å². The topological polar surface area (TPSA) is 45.2 Å². The van der Waals surface area contributed by atoms with Gasteiger partial charge in [0.25, 0.3) is 5.91 Å². The minimum atomic E-state index is 0. The molecule has 148 valence electrons. The first kappa shape index (κ1) is 23.7. The molecule has 0 aliphatic carbocycles. The Morgan fingerprint density at radius 2 is 1.81 bits per heavy atom. The predicted octanol–water partition coefficient (Wildman–Crippen LogP) is 4.71. The zero-order valence-corrected chi connectivity index (χ0v) is 17.7. The lowest BCUT2D eigenvalue weighted by atomic mass is 9.96. The molecule has 0 spiro atoms. The van der Waals surface area contributed by atoms with Gasteiger partial charge in [-0.3, -0.25) is 9.78 Å². The summed E-state index contributed by atoms with van der Waals surface area (Å²) in [5, 5.41) is 4.10. The number of pyridine rings is 1. The Morgan fingerprint density at radius 3 is 2.44 bits per heavy atom. The van der Waals surface area contributed by atoms with Gasteiger partial charge in [0.2, 0.25) is 0 Å². The van der Waals surface area contributed by atoms with Crippen LogP contribution in [0.25, 0.3) is 11.1 Å². The van der Waals surface area contributed by atoms with Gasteiger partial charge in [-0.1, -0.05) is 30.7 Å². The molecular formula is C20H26Cl3N3O. The highest BCUT2D eigenvalue weighted by atomic mass is 35.5. The van der Waals surface area contributed by atoms with Crippen LogP contribution in [-0.2, 0) is 0 Å². The van der Waals surface area contributed by atoms with E-state index in [9.17, 15) is 4.79 Å². The first-order valence-corrected chi connectivity index (χ1v) is 9.26. The van der Waals surface area contributed by atoms with Gasteiger partial charge in [-0.25, -0.2) is 0 Å². The van der Waals surface area contributed by atoms with Gasteiger partial charge in [0.05, 0.1) is 5.56 Å². The number of halogens is 3. The lowest BCUT2D eigenvalue weighted by Gasteiger charge is -2.32. The van der Waals surface area contributed by atoms with E-state index in [1.165, 1.54) is 0 Å². The highest BCUT2D eigenvalue weighted by Crippen LogP contribution is 2.23. The third-order valence-corrected chi connectivity index (χ3v) is 5.00. The predicted molar refractivity (Wildman–Crippen MR) is 116 cm³/mol. The van der Waals surface area contributed by atoms with Crippen molar-refractivity contribution in [2.45, 2.75) is 19.8 Å². The zero-order valence-electron chi connectivity index (χ0n) is 15.4. The fourth-order valence-corrected chi connectivity index (χ4v) is 3.35. The standard InChI is InChI=1S/C20H24ClN3O.2ClH/c1-2-22-12-15-7-9-24(10-8-15)20(25)18-11-17(13-23-14-18)16-3-5-19(21)6-4-16;;/h3-6,11,13-15,22H,2,7-10,12H2,1H3;2*1H. The number of likely N-dealkylation sites (tertiary alicyclic amines) is 1. The van der Waals surface area contributed by atoms with Crippen LogP contribution in [0.1, 0.15) is 30.1 Å². The minimum Gasteiger partial charge on any atom is -0.339 e. The smallest absolute Gasteiger partial charge is 0.255 e. The summed E-state index contributed by atoms with van der Waals surface area (Å²) >= 11 is 5.94. The van der Waals surface area contributed by atoms with Crippen LogP contribution in [0.4, 0.5) is 0 Å². The van der Waals surface area contributed by atoms with Crippen LogP contribution in [0, 0.1) is 5.92 Å². The van der Waals surface area contributed by atoms with Gasteiger partial charge < -0.3 is 10.2 Å². The largest absolute Gasteiger partial charge is 0.339 e. The summed E-state index contributed by atoms with van der Waals surface area (Å²) in [4.78, 5) is 19.0. The monoisotopic (exact) mass is 429 g/mol. The normalized spacial score (nSPS) is 14.2. The number of benzene rings is 1. The Labute approximate surface area is 178 Å². The molecule has 2 heterocycles. The SMILES string of the molecule is CCNCC1CCN(C(=O)c2cncc(-c3ccc(Cl)cc3)c2)CC1.Cl.Cl. The molecule has 1 aromatic carbocycles. The molecule has 0 radical (unpaired) electrons. The second-order valence-corrected chi connectivity index (χ2v) is 6.95. The molecule has 1 N–H and O–H groups in total. The van der Waals surface area contributed by atoms with Crippen molar-refractivity contribution in [3.63, 3.8) is 0 Å². The molecule has 0 unspecified atom stereocenters. The Morgan fingerprint density at radius 1 is 1.15 bits per heavy atom. The number of aromatic nitrogens is 1. The molecule has 0 saturated carbocycles. The minimum absolute atomic E-state index is 0. The van der Waals surface area contributed by atoms with E-state index in [2.05, 4.69) is 17.2 Å². The quantitative estimate of drug-likeness (QED) is 0.747. The van der Waals surface area contributed by atoms with Crippen LogP contribution in [0.2, 0.25) is 5.02 Å². The lowest BCUT2D eigenvalue weighted by molar-refractivity contribution is 0.0690. The second kappa shape index (κ2) is 11.5. The average Bonchev–Trinajstić information content (AvgIpc) is 2.67. The number of amides is 1. The fourth-order valence-electron chi connectivity index (χ4n) is 3.23. The van der Waals surface area contributed by atoms with Crippen molar-refractivity contribution in [2.75, 3.05) is 26.2 Å². The molecule has 2 aromatic rings. The van der Waals surface area contributed by atoms with Crippen LogP contribution >= 0.6 is 36.4 Å². The van der Waals surface area contributed by atoms with E-state index in [0.717, 1.165) is 50.1 Å². The van der Waals surface area contributed by atoms with E-state index >= 15 is 0 Å². The number of carbonyl (C=O) groups excluding carboxylic acids is 1. The molecule has 1 amide bonds. The first-order valence-electron chi connectivity index (χ1n) is 8.88. The summed E-state index contributed by atoms with van der Waals surface area (Å²) in [6.07, 6.45) is 5.56. The Balaban J connectivity index is 0.00000182. The number of piperidine rings is 1. The van der Waals surface area contributed by atoms with Crippen molar-refractivity contribution in [2.24, 2.45) is 5.92 Å². The van der Waals surface area contributed by atoms with Crippen molar-refractivity contribution in [1.82, 2.24) is 15.2 Å². The fraction of sp³-hybridized carbons (Fsp3) is 0.400. The van der Waals surface area contributed by atoms with Crippen molar-refractivity contribution in [3.8, 4) is 11.1 Å². The highest BCUT2D eigenvalue weighted by Gasteiger charge is 2.23. The van der Waals surface area contributed by atoms with Crippen LogP contribution in [0.5, 0.6) is 0 Å². The maximum Gasteiger partial charge on any atom is 0.255 e. The van der Waals surface area contributed by atoms with E-state index in [4.69, 9.17) is 11.6 Å². The maximum absolute atomic E-state index is 12.8. The molecule has 0 atom stereocenters. The van der Waals surface area contributed by atoms with E-state index in [-0.39, 0.29) is 30.7 Å². The highest BCUT2D eigenvalue weighted by molar-refractivity contribution is 6.30. The number of rotatable bonds is 5. The molecule has 0 bridgehead atoms. The number of hydrogen-bond acceptors (Lipinski definition) is 3. The molecule has 7 heteroatoms. The second-order valence-electron chi connectivity index (χ2n) is 6.51. The molecular weight excluding hydrogens is 405 g/mol. The maximum atomic E-state index is 12.8. The third kappa shape index (κ3) is 6.35. The van der Waals surface area contributed by atoms with Gasteiger partial charge >= 0.3 is 0 Å². The van der Waals surface area contributed by atoms with Crippen molar-refractivity contribution in [1.29, 1.82) is 0 Å². The van der Waals surface area contributed by atoms with E-state index in [0.29, 0.717) is 16.5 Å². The van der Waals surface area contributed by atoms with Gasteiger partial charge in [0.15, 0.2) is 0 Å². The van der Waals surface area contributed by atoms with Crippen LogP contribution < -0.4 is 5.32 Å². The number of hydrogen-bond donors (Lipinski definition) is 1. The van der Waals surface area contributed by atoms with Crippen LogP contribution in [0.3, 0.4) is 0 Å². The summed E-state index contributed by atoms with van der Waals surface area (Å²) in [7, 11) is 0. The Hall–Kier alpha value is -1.33. The molecule has 1 aromatic heterocycles. The molecule has 27 heavy (non-hydrogen) atoms. The van der Waals surface area contributed by atoms with Gasteiger partial charge in [0, 0.05) is 36.1 Å². The number of nitrogens with zero attached hydrogens (tertiary/aromatic N) is 2. The summed E-state index contributed by atoms with van der Waals surface area (Å²) in [6.45, 7) is 5.81. The molecule has 1 aliphatic rings. The van der Waals surface area contributed by atoms with E-state index in [1.54, 1.807) is 12.4 Å². The molecule has 1 aliphatic heterocycles. The zero-order chi connectivity index (χ0) is 17.6. The van der Waals surface area contributed by atoms with E-state index < -0.39 is 0 Å². The Kier molecular flexibility index (Phi) is 10.1. The number of nitrogens with one attached hydrogen (secondary N) is 1. The average molecular weight is 431 g/mol. The molecule has 4 nitrogen and oxygen atoms in total. The van der Waals surface area contributed by atoms with E-state index in [1.807, 2.05) is 35.2 Å².